The monoisotopic (exact) mass is 313 g/mol. The molecule has 5 heteroatoms. The number of benzene rings is 1. The van der Waals surface area contributed by atoms with Crippen molar-refractivity contribution in [3.63, 3.8) is 0 Å². The van der Waals surface area contributed by atoms with Crippen molar-refractivity contribution in [2.45, 2.75) is 12.8 Å². The van der Waals surface area contributed by atoms with Crippen LogP contribution < -0.4 is 0 Å². The maximum Gasteiger partial charge on any atom is 0.257 e. The van der Waals surface area contributed by atoms with Crippen LogP contribution in [0.25, 0.3) is 0 Å². The lowest BCUT2D eigenvalue weighted by Gasteiger charge is -2.17. The highest BCUT2D eigenvalue weighted by molar-refractivity contribution is 9.09. The van der Waals surface area contributed by atoms with Crippen LogP contribution in [0.15, 0.2) is 18.2 Å². The Balaban J connectivity index is 2.08. The molecule has 0 aliphatic carbocycles. The number of phenolic OH excluding ortho intramolecular Hbond substituents is 2. The van der Waals surface area contributed by atoms with Crippen LogP contribution in [0, 0.1) is 5.92 Å². The van der Waals surface area contributed by atoms with E-state index in [4.69, 9.17) is 0 Å². The molecule has 1 atom stereocenters. The zero-order valence-electron chi connectivity index (χ0n) is 9.97. The van der Waals surface area contributed by atoms with Gasteiger partial charge in [0.25, 0.3) is 5.91 Å². The predicted molar refractivity (Wildman–Crippen MR) is 72.2 cm³/mol. The summed E-state index contributed by atoms with van der Waals surface area (Å²) in [5.74, 6) is 0.170. The van der Waals surface area contributed by atoms with Gasteiger partial charge in [-0.2, -0.15) is 0 Å². The number of halogens is 1. The Kier molecular flexibility index (Phi) is 4.11. The van der Waals surface area contributed by atoms with Gasteiger partial charge in [0.15, 0.2) is 0 Å². The lowest BCUT2D eigenvalue weighted by Crippen LogP contribution is -2.28. The number of hydrogen-bond acceptors (Lipinski definition) is 3. The average molecular weight is 314 g/mol. The van der Waals surface area contributed by atoms with Crippen molar-refractivity contribution >= 4 is 21.8 Å². The van der Waals surface area contributed by atoms with E-state index < -0.39 is 0 Å². The van der Waals surface area contributed by atoms with E-state index in [-0.39, 0.29) is 23.0 Å². The largest absolute Gasteiger partial charge is 0.508 e. The number of aromatic hydroxyl groups is 2. The molecule has 1 aliphatic heterocycles. The fourth-order valence-corrected chi connectivity index (χ4v) is 2.93. The smallest absolute Gasteiger partial charge is 0.257 e. The molecule has 0 spiro atoms. The summed E-state index contributed by atoms with van der Waals surface area (Å²) in [6, 6.07) is 4.07. The maximum atomic E-state index is 12.2. The Morgan fingerprint density at radius 2 is 2.22 bits per heavy atom. The lowest BCUT2D eigenvalue weighted by molar-refractivity contribution is 0.0784. The molecule has 0 bridgehead atoms. The molecule has 1 amide bonds. The maximum absolute atomic E-state index is 12.2. The third-order valence-corrected chi connectivity index (χ3v) is 3.76. The number of rotatable bonds is 3. The molecule has 1 aromatic rings. The summed E-state index contributed by atoms with van der Waals surface area (Å²) in [6.45, 7) is 1.47. The summed E-state index contributed by atoms with van der Waals surface area (Å²) < 4.78 is 0. The van der Waals surface area contributed by atoms with Gasteiger partial charge >= 0.3 is 0 Å². The summed E-state index contributed by atoms with van der Waals surface area (Å²) in [7, 11) is 0. The van der Waals surface area contributed by atoms with Crippen molar-refractivity contribution in [3.8, 4) is 11.5 Å². The van der Waals surface area contributed by atoms with Crippen LogP contribution in [0.3, 0.4) is 0 Å². The molecule has 2 rings (SSSR count). The number of phenols is 2. The van der Waals surface area contributed by atoms with Gasteiger partial charge in [0.2, 0.25) is 0 Å². The van der Waals surface area contributed by atoms with E-state index in [1.807, 2.05) is 0 Å². The standard InChI is InChI=1S/C13H16BrNO3/c14-5-3-9-4-6-15(8-9)13(18)11-2-1-10(16)7-12(11)17/h1-2,7,9,16-17H,3-6,8H2. The van der Waals surface area contributed by atoms with E-state index in [0.717, 1.165) is 31.3 Å². The Morgan fingerprint density at radius 3 is 2.89 bits per heavy atom. The number of amides is 1. The third kappa shape index (κ3) is 2.77. The predicted octanol–water partition coefficient (Wildman–Crippen LogP) is 2.34. The normalized spacial score (nSPS) is 19.2. The van der Waals surface area contributed by atoms with Crippen molar-refractivity contribution in [2.24, 2.45) is 5.92 Å². The van der Waals surface area contributed by atoms with E-state index in [0.29, 0.717) is 5.92 Å². The summed E-state index contributed by atoms with van der Waals surface area (Å²) >= 11 is 3.41. The van der Waals surface area contributed by atoms with Crippen molar-refractivity contribution < 1.29 is 15.0 Å². The first kappa shape index (κ1) is 13.2. The van der Waals surface area contributed by atoms with Crippen LogP contribution in [-0.2, 0) is 0 Å². The molecule has 1 aromatic carbocycles. The number of alkyl halides is 1. The first-order valence-corrected chi connectivity index (χ1v) is 7.11. The molecular formula is C13H16BrNO3. The van der Waals surface area contributed by atoms with E-state index in [1.165, 1.54) is 18.2 Å². The number of likely N-dealkylation sites (tertiary alicyclic amines) is 1. The molecule has 1 heterocycles. The highest BCUT2D eigenvalue weighted by Gasteiger charge is 2.27. The second-order valence-electron chi connectivity index (χ2n) is 4.58. The molecular weight excluding hydrogens is 298 g/mol. The Labute approximate surface area is 114 Å². The fraction of sp³-hybridized carbons (Fsp3) is 0.462. The van der Waals surface area contributed by atoms with Crippen molar-refractivity contribution in [2.75, 3.05) is 18.4 Å². The van der Waals surface area contributed by atoms with Crippen LogP contribution in [0.5, 0.6) is 11.5 Å². The molecule has 1 unspecified atom stereocenters. The highest BCUT2D eigenvalue weighted by atomic mass is 79.9. The minimum Gasteiger partial charge on any atom is -0.508 e. The zero-order valence-corrected chi connectivity index (χ0v) is 11.6. The van der Waals surface area contributed by atoms with Gasteiger partial charge in [-0.1, -0.05) is 15.9 Å². The molecule has 1 saturated heterocycles. The SMILES string of the molecule is O=C(c1ccc(O)cc1O)N1CCC(CCBr)C1. The lowest BCUT2D eigenvalue weighted by atomic mass is 10.1. The van der Waals surface area contributed by atoms with Crippen molar-refractivity contribution in [3.05, 3.63) is 23.8 Å². The number of carbonyl (C=O) groups is 1. The minimum atomic E-state index is -0.163. The molecule has 4 nitrogen and oxygen atoms in total. The first-order valence-electron chi connectivity index (χ1n) is 5.99. The van der Waals surface area contributed by atoms with Gasteiger partial charge in [0.1, 0.15) is 11.5 Å². The summed E-state index contributed by atoms with van der Waals surface area (Å²) in [5, 5.41) is 19.8. The third-order valence-electron chi connectivity index (χ3n) is 3.30. The van der Waals surface area contributed by atoms with Gasteiger partial charge in [0.05, 0.1) is 5.56 Å². The highest BCUT2D eigenvalue weighted by Crippen LogP contribution is 2.27. The van der Waals surface area contributed by atoms with E-state index in [9.17, 15) is 15.0 Å². The number of hydrogen-bond donors (Lipinski definition) is 2. The molecule has 0 saturated carbocycles. The Hall–Kier alpha value is -1.23. The Morgan fingerprint density at radius 1 is 1.44 bits per heavy atom. The van der Waals surface area contributed by atoms with Crippen molar-refractivity contribution in [1.82, 2.24) is 4.90 Å². The minimum absolute atomic E-state index is 0.0392. The zero-order chi connectivity index (χ0) is 13.1. The molecule has 2 N–H and O–H groups in total. The van der Waals surface area contributed by atoms with Gasteiger partial charge < -0.3 is 15.1 Å². The van der Waals surface area contributed by atoms with Crippen molar-refractivity contribution in [1.29, 1.82) is 0 Å². The van der Waals surface area contributed by atoms with Gasteiger partial charge in [-0.25, -0.2) is 0 Å². The molecule has 0 radical (unpaired) electrons. The topological polar surface area (TPSA) is 60.8 Å². The fourth-order valence-electron chi connectivity index (χ4n) is 2.28. The van der Waals surface area contributed by atoms with Crippen LogP contribution in [-0.4, -0.2) is 39.4 Å². The van der Waals surface area contributed by atoms with Gasteiger partial charge in [-0.3, -0.25) is 4.79 Å². The van der Waals surface area contributed by atoms with Gasteiger partial charge in [-0.05, 0) is 30.9 Å². The van der Waals surface area contributed by atoms with E-state index >= 15 is 0 Å². The molecule has 18 heavy (non-hydrogen) atoms. The molecule has 0 aromatic heterocycles. The average Bonchev–Trinajstić information content (AvgIpc) is 2.77. The van der Waals surface area contributed by atoms with Gasteiger partial charge in [0, 0.05) is 24.5 Å². The Bertz CT molecular complexity index is 450. The van der Waals surface area contributed by atoms with Crippen LogP contribution >= 0.6 is 15.9 Å². The van der Waals surface area contributed by atoms with E-state index in [2.05, 4.69) is 15.9 Å². The molecule has 98 valence electrons. The molecule has 1 aliphatic rings. The van der Waals surface area contributed by atoms with Crippen LogP contribution in [0.2, 0.25) is 0 Å². The summed E-state index contributed by atoms with van der Waals surface area (Å²) in [5.41, 5.74) is 0.257. The van der Waals surface area contributed by atoms with Gasteiger partial charge in [-0.15, -0.1) is 0 Å². The molecule has 1 fully saturated rings. The number of nitrogens with zero attached hydrogens (tertiary/aromatic N) is 1. The number of carbonyl (C=O) groups excluding carboxylic acids is 1. The second kappa shape index (κ2) is 5.61. The summed E-state index contributed by atoms with van der Waals surface area (Å²) in [6.07, 6.45) is 2.07. The van der Waals surface area contributed by atoms with Crippen LogP contribution in [0.4, 0.5) is 0 Å². The second-order valence-corrected chi connectivity index (χ2v) is 5.38. The van der Waals surface area contributed by atoms with Crippen LogP contribution in [0.1, 0.15) is 23.2 Å². The van der Waals surface area contributed by atoms with E-state index in [1.54, 1.807) is 4.90 Å². The quantitative estimate of drug-likeness (QED) is 0.842. The first-order chi connectivity index (χ1) is 8.61. The summed E-state index contributed by atoms with van der Waals surface area (Å²) in [4.78, 5) is 14.0.